The number of halogens is 1. The number of hydrogen-bond donors (Lipinski definition) is 0. The zero-order chi connectivity index (χ0) is 33.1. The lowest BCUT2D eigenvalue weighted by Gasteiger charge is -2.27. The number of benzene rings is 3. The second-order valence-corrected chi connectivity index (χ2v) is 18.6. The van der Waals surface area contributed by atoms with Gasteiger partial charge in [0.1, 0.15) is 0 Å². The monoisotopic (exact) mass is 655 g/mol. The first-order chi connectivity index (χ1) is 20.8. The van der Waals surface area contributed by atoms with Crippen LogP contribution in [0.5, 0.6) is 0 Å². The topological polar surface area (TPSA) is 3.88 Å². The molecular weight excluding hydrogens is 598 g/mol. The largest absolute Gasteiger partial charge is 1.00 e. The van der Waals surface area contributed by atoms with E-state index >= 15 is 0 Å². The van der Waals surface area contributed by atoms with Crippen LogP contribution >= 0.6 is 11.3 Å². The summed E-state index contributed by atoms with van der Waals surface area (Å²) in [6.07, 6.45) is 4.94. The lowest BCUT2D eigenvalue weighted by atomic mass is 9.77. The Morgan fingerprint density at radius 3 is 1.43 bits per heavy atom. The minimum Gasteiger partial charge on any atom is -1.00 e. The third-order valence-corrected chi connectivity index (χ3v) is 11.1. The van der Waals surface area contributed by atoms with E-state index in [0.717, 1.165) is 6.42 Å². The van der Waals surface area contributed by atoms with Crippen molar-refractivity contribution < 1.29 is 17.0 Å². The fourth-order valence-electron chi connectivity index (χ4n) is 6.73. The first-order valence-corrected chi connectivity index (χ1v) is 18.1. The summed E-state index contributed by atoms with van der Waals surface area (Å²) in [7, 11) is 0. The molecule has 0 saturated carbocycles. The van der Waals surface area contributed by atoms with Crippen LogP contribution in [0.15, 0.2) is 60.1 Å². The van der Waals surface area contributed by atoms with E-state index in [1.54, 1.807) is 4.88 Å². The molecule has 1 aromatic heterocycles. The van der Waals surface area contributed by atoms with Crippen LogP contribution in [-0.2, 0) is 28.1 Å². The van der Waals surface area contributed by atoms with Crippen molar-refractivity contribution in [3.8, 4) is 27.9 Å². The fraction of sp³-hybridized carbons (Fsp3) is 0.512. The normalized spacial score (nSPS) is 15.8. The fourth-order valence-corrected chi connectivity index (χ4v) is 7.99. The Bertz CT molecular complexity index is 1540. The van der Waals surface area contributed by atoms with Gasteiger partial charge in [-0.25, -0.2) is 0 Å². The van der Waals surface area contributed by atoms with Gasteiger partial charge >= 0.3 is 0 Å². The molecule has 4 aromatic rings. The van der Waals surface area contributed by atoms with Crippen molar-refractivity contribution in [2.24, 2.45) is 0 Å². The average molecular weight is 656 g/mol. The summed E-state index contributed by atoms with van der Waals surface area (Å²) >= 11 is 1.98. The number of hydrogen-bond acceptors (Lipinski definition) is 1. The van der Waals surface area contributed by atoms with Crippen LogP contribution in [0.2, 0.25) is 0 Å². The zero-order valence-corrected chi connectivity index (χ0v) is 32.5. The van der Waals surface area contributed by atoms with Crippen molar-refractivity contribution in [1.29, 1.82) is 0 Å². The van der Waals surface area contributed by atoms with E-state index in [0.29, 0.717) is 5.92 Å². The Balaban J connectivity index is 0.00000480. The number of thiazole rings is 1. The molecule has 1 atom stereocenters. The molecule has 0 fully saturated rings. The van der Waals surface area contributed by atoms with Gasteiger partial charge in [0.2, 0.25) is 16.9 Å². The molecule has 0 amide bonds. The molecule has 3 heteroatoms. The summed E-state index contributed by atoms with van der Waals surface area (Å²) in [5.74, 6) is 0.670. The summed E-state index contributed by atoms with van der Waals surface area (Å²) in [4.78, 5) is 1.60. The third-order valence-electron chi connectivity index (χ3n) is 9.92. The van der Waals surface area contributed by atoms with E-state index in [9.17, 15) is 0 Å². The first kappa shape index (κ1) is 36.4. The molecule has 46 heavy (non-hydrogen) atoms. The average Bonchev–Trinajstić information content (AvgIpc) is 3.38. The van der Waals surface area contributed by atoms with E-state index < -0.39 is 0 Å². The van der Waals surface area contributed by atoms with Gasteiger partial charge in [0.15, 0.2) is 0 Å². The van der Waals surface area contributed by atoms with Crippen molar-refractivity contribution >= 4 is 11.3 Å². The molecule has 1 nitrogen and oxygen atoms in total. The minimum atomic E-state index is 0. The zero-order valence-electron chi connectivity index (χ0n) is 30.9. The maximum atomic E-state index is 2.60. The molecule has 0 aliphatic heterocycles. The van der Waals surface area contributed by atoms with Gasteiger partial charge in [-0.05, 0) is 92.4 Å². The van der Waals surface area contributed by atoms with E-state index in [1.165, 1.54) is 75.2 Å². The van der Waals surface area contributed by atoms with Crippen molar-refractivity contribution in [2.75, 3.05) is 0 Å². The lowest BCUT2D eigenvalue weighted by molar-refractivity contribution is -0.598. The Morgan fingerprint density at radius 2 is 1.07 bits per heavy atom. The van der Waals surface area contributed by atoms with E-state index in [-0.39, 0.29) is 34.1 Å². The van der Waals surface area contributed by atoms with Crippen LogP contribution in [-0.4, -0.2) is 0 Å². The SMILES string of the molecule is CCC1CCCc2c1sc[n+]2-c1c(-c2cc(C(C)(C)C)cc(C(C)(C)C)c2)cccc1-c1cc(C(C)(C)C)cc(C(C)(C)C)c1.[Cl-]. The Hall–Kier alpha value is -2.42. The van der Waals surface area contributed by atoms with Gasteiger partial charge in [-0.2, -0.15) is 4.57 Å². The molecule has 5 rings (SSSR count). The van der Waals surface area contributed by atoms with Crippen molar-refractivity contribution in [3.63, 3.8) is 0 Å². The van der Waals surface area contributed by atoms with Crippen LogP contribution in [0.3, 0.4) is 0 Å². The Kier molecular flexibility index (Phi) is 10.2. The molecule has 0 N–H and O–H groups in total. The van der Waals surface area contributed by atoms with E-state index in [4.69, 9.17) is 0 Å². The highest BCUT2D eigenvalue weighted by Gasteiger charge is 2.34. The summed E-state index contributed by atoms with van der Waals surface area (Å²) < 4.78 is 2.60. The van der Waals surface area contributed by atoms with Crippen LogP contribution in [0, 0.1) is 0 Å². The number of aromatic nitrogens is 1. The standard InChI is InChI=1S/C43H58NS.ClH/c1-14-28-17-15-20-37-39(28)45-27-44(37)38-35(29-21-31(40(2,3)4)25-32(22-29)41(5,6)7)18-16-19-36(38)30-23-33(42(8,9)10)26-34(24-30)43(11,12)13;/h16,18-19,21-28H,14-15,17,20H2,1-13H3;1H/q+1;/p-1. The number of para-hydroxylation sites is 1. The summed E-state index contributed by atoms with van der Waals surface area (Å²) in [6, 6.07) is 21.8. The molecule has 0 spiro atoms. The quantitative estimate of drug-likeness (QED) is 0.193. The van der Waals surface area contributed by atoms with Gasteiger partial charge in [-0.15, -0.1) is 0 Å². The predicted molar refractivity (Wildman–Crippen MR) is 197 cm³/mol. The second-order valence-electron chi connectivity index (χ2n) is 17.7. The number of fused-ring (bicyclic) bond motifs is 1. The Labute approximate surface area is 291 Å². The van der Waals surface area contributed by atoms with Gasteiger partial charge in [0, 0.05) is 6.42 Å². The maximum Gasteiger partial charge on any atom is 0.231 e. The van der Waals surface area contributed by atoms with Crippen molar-refractivity contribution in [3.05, 3.63) is 92.9 Å². The Morgan fingerprint density at radius 1 is 0.652 bits per heavy atom. The molecule has 0 bridgehead atoms. The van der Waals surface area contributed by atoms with Crippen LogP contribution in [0.1, 0.15) is 148 Å². The van der Waals surface area contributed by atoms with Crippen molar-refractivity contribution in [1.82, 2.24) is 0 Å². The number of nitrogens with zero attached hydrogens (tertiary/aromatic N) is 1. The molecule has 248 valence electrons. The smallest absolute Gasteiger partial charge is 0.231 e. The van der Waals surface area contributed by atoms with Gasteiger partial charge in [0.25, 0.3) is 0 Å². The van der Waals surface area contributed by atoms with Crippen LogP contribution < -0.4 is 17.0 Å². The van der Waals surface area contributed by atoms with Crippen molar-refractivity contribution in [2.45, 2.75) is 143 Å². The van der Waals surface area contributed by atoms with Gasteiger partial charge < -0.3 is 12.4 Å². The molecule has 1 aliphatic carbocycles. The molecule has 1 unspecified atom stereocenters. The molecule has 1 aliphatic rings. The molecule has 3 aromatic carbocycles. The summed E-state index contributed by atoms with van der Waals surface area (Å²) in [5, 5.41) is 0. The van der Waals surface area contributed by atoms with E-state index in [1.807, 2.05) is 11.3 Å². The molecular formula is C43H58ClNS. The highest BCUT2D eigenvalue weighted by atomic mass is 35.5. The minimum absolute atomic E-state index is 0. The highest BCUT2D eigenvalue weighted by Crippen LogP contribution is 2.42. The van der Waals surface area contributed by atoms with Gasteiger partial charge in [-0.3, -0.25) is 0 Å². The molecule has 1 heterocycles. The summed E-state index contributed by atoms with van der Waals surface area (Å²) in [6.45, 7) is 30.5. The molecule has 0 radical (unpaired) electrons. The van der Waals surface area contributed by atoms with Gasteiger partial charge in [0.05, 0.1) is 16.0 Å². The predicted octanol–water partition coefficient (Wildman–Crippen LogP) is 9.38. The highest BCUT2D eigenvalue weighted by molar-refractivity contribution is 7.09. The molecule has 0 saturated heterocycles. The van der Waals surface area contributed by atoms with E-state index in [2.05, 4.69) is 155 Å². The first-order valence-electron chi connectivity index (χ1n) is 17.3. The number of rotatable bonds is 4. The van der Waals surface area contributed by atoms with Crippen LogP contribution in [0.25, 0.3) is 27.9 Å². The lowest BCUT2D eigenvalue weighted by Crippen LogP contribution is -3.00. The second kappa shape index (κ2) is 12.9. The van der Waals surface area contributed by atoms with Crippen LogP contribution in [0.4, 0.5) is 0 Å². The maximum absolute atomic E-state index is 2.60. The van der Waals surface area contributed by atoms with Gasteiger partial charge in [-0.1, -0.05) is 144 Å². The summed E-state index contributed by atoms with van der Waals surface area (Å²) in [5.41, 5.74) is 16.4. The third kappa shape index (κ3) is 7.34.